The van der Waals surface area contributed by atoms with Crippen LogP contribution in [0, 0.1) is 6.92 Å². The van der Waals surface area contributed by atoms with Gasteiger partial charge in [0.1, 0.15) is 5.75 Å². The molecule has 0 unspecified atom stereocenters. The Hall–Kier alpha value is -3.60. The molecule has 0 aliphatic heterocycles. The van der Waals surface area contributed by atoms with Crippen LogP contribution in [0.15, 0.2) is 72.8 Å². The zero-order valence-electron chi connectivity index (χ0n) is 19.9. The first-order chi connectivity index (χ1) is 16.0. The van der Waals surface area contributed by atoms with Crippen LogP contribution in [-0.4, -0.2) is 36.9 Å². The molecular weight excluding hydrogens is 412 g/mol. The molecule has 3 aromatic carbocycles. The van der Waals surface area contributed by atoms with Gasteiger partial charge in [-0.2, -0.15) is 0 Å². The second-order valence-corrected chi connectivity index (χ2v) is 7.98. The molecule has 0 aliphatic rings. The van der Waals surface area contributed by atoms with Crippen LogP contribution in [0.1, 0.15) is 40.9 Å². The maximum absolute atomic E-state index is 13.5. The van der Waals surface area contributed by atoms with Gasteiger partial charge in [-0.05, 0) is 56.7 Å². The Morgan fingerprint density at radius 1 is 0.848 bits per heavy atom. The van der Waals surface area contributed by atoms with Crippen LogP contribution >= 0.6 is 0 Å². The molecule has 0 saturated heterocycles. The van der Waals surface area contributed by atoms with Gasteiger partial charge in [-0.15, -0.1) is 0 Å². The highest BCUT2D eigenvalue weighted by Crippen LogP contribution is 2.25. The van der Waals surface area contributed by atoms with Gasteiger partial charge in [-0.3, -0.25) is 9.59 Å². The van der Waals surface area contributed by atoms with E-state index in [0.29, 0.717) is 31.6 Å². The highest BCUT2D eigenvalue weighted by Gasteiger charge is 2.20. The van der Waals surface area contributed by atoms with E-state index >= 15 is 0 Å². The van der Waals surface area contributed by atoms with Gasteiger partial charge < -0.3 is 14.5 Å². The number of hydrogen-bond acceptors (Lipinski definition) is 3. The quantitative estimate of drug-likeness (QED) is 0.452. The number of anilines is 1. The first-order valence-corrected chi connectivity index (χ1v) is 11.3. The maximum Gasteiger partial charge on any atom is 0.258 e. The fraction of sp³-hybridized carbons (Fsp3) is 0.286. The summed E-state index contributed by atoms with van der Waals surface area (Å²) in [5.41, 5.74) is 4.34. The van der Waals surface area contributed by atoms with E-state index in [1.807, 2.05) is 98.5 Å². The van der Waals surface area contributed by atoms with Crippen molar-refractivity contribution in [1.82, 2.24) is 4.90 Å². The van der Waals surface area contributed by atoms with Crippen molar-refractivity contribution in [2.45, 2.75) is 33.7 Å². The summed E-state index contributed by atoms with van der Waals surface area (Å²) < 4.78 is 5.51. The van der Waals surface area contributed by atoms with Crippen LogP contribution in [0.2, 0.25) is 0 Å². The first-order valence-electron chi connectivity index (χ1n) is 11.3. The number of ether oxygens (including phenoxy) is 1. The molecule has 0 radical (unpaired) electrons. The molecule has 0 atom stereocenters. The Morgan fingerprint density at radius 3 is 2.09 bits per heavy atom. The molecule has 0 heterocycles. The summed E-state index contributed by atoms with van der Waals surface area (Å²) in [4.78, 5) is 29.6. The lowest BCUT2D eigenvalue weighted by atomic mass is 10.1. The first kappa shape index (κ1) is 24.1. The van der Waals surface area contributed by atoms with Crippen LogP contribution in [0.25, 0.3) is 0 Å². The van der Waals surface area contributed by atoms with Crippen molar-refractivity contribution in [2.24, 2.45) is 0 Å². The van der Waals surface area contributed by atoms with Crippen molar-refractivity contribution >= 4 is 17.5 Å². The number of hydrogen-bond donors (Lipinski definition) is 0. The van der Waals surface area contributed by atoms with Gasteiger partial charge >= 0.3 is 0 Å². The third kappa shape index (κ3) is 6.01. The molecule has 0 fully saturated rings. The minimum absolute atomic E-state index is 0.0899. The lowest BCUT2D eigenvalue weighted by Crippen LogP contribution is -2.32. The third-order valence-corrected chi connectivity index (χ3v) is 5.78. The number of carbonyl (C=O) groups is 2. The fourth-order valence-electron chi connectivity index (χ4n) is 3.79. The minimum atomic E-state index is -0.0899. The van der Waals surface area contributed by atoms with Gasteiger partial charge in [0, 0.05) is 29.9 Å². The van der Waals surface area contributed by atoms with Crippen LogP contribution in [0.5, 0.6) is 5.75 Å². The Bertz CT molecular complexity index is 1070. The second kappa shape index (κ2) is 11.3. The van der Waals surface area contributed by atoms with Gasteiger partial charge in [0.2, 0.25) is 5.91 Å². The van der Waals surface area contributed by atoms with Crippen molar-refractivity contribution in [1.29, 1.82) is 0 Å². The smallest absolute Gasteiger partial charge is 0.258 e. The van der Waals surface area contributed by atoms with E-state index in [1.165, 1.54) is 0 Å². The second-order valence-electron chi connectivity index (χ2n) is 7.98. The van der Waals surface area contributed by atoms with Gasteiger partial charge in [-0.25, -0.2) is 0 Å². The zero-order chi connectivity index (χ0) is 23.8. The van der Waals surface area contributed by atoms with Crippen LogP contribution < -0.4 is 9.64 Å². The average Bonchev–Trinajstić information content (AvgIpc) is 2.84. The van der Waals surface area contributed by atoms with Crippen molar-refractivity contribution in [2.75, 3.05) is 25.1 Å². The standard InChI is InChI=1S/C28H32N2O3/c1-5-29(6-2)27(31)19-22-13-17-25(18-14-22)30(20-24-9-7-8-10-26(24)33-4)28(32)23-15-11-21(3)12-16-23/h7-18H,5-6,19-20H2,1-4H3. The normalized spacial score (nSPS) is 10.5. The zero-order valence-corrected chi connectivity index (χ0v) is 19.9. The lowest BCUT2D eigenvalue weighted by molar-refractivity contribution is -0.130. The molecule has 0 aliphatic carbocycles. The lowest BCUT2D eigenvalue weighted by Gasteiger charge is -2.25. The van der Waals surface area contributed by atoms with Gasteiger partial charge in [-0.1, -0.05) is 48.0 Å². The Kier molecular flexibility index (Phi) is 8.25. The molecule has 0 bridgehead atoms. The van der Waals surface area contributed by atoms with E-state index in [1.54, 1.807) is 12.0 Å². The third-order valence-electron chi connectivity index (χ3n) is 5.78. The summed E-state index contributed by atoms with van der Waals surface area (Å²) in [6.45, 7) is 7.73. The highest BCUT2D eigenvalue weighted by molar-refractivity contribution is 6.06. The Morgan fingerprint density at radius 2 is 1.48 bits per heavy atom. The Balaban J connectivity index is 1.90. The summed E-state index contributed by atoms with van der Waals surface area (Å²) in [7, 11) is 1.63. The number of methoxy groups -OCH3 is 1. The number of amides is 2. The molecular formula is C28H32N2O3. The summed E-state index contributed by atoms with van der Waals surface area (Å²) >= 11 is 0. The summed E-state index contributed by atoms with van der Waals surface area (Å²) in [5.74, 6) is 0.753. The van der Waals surface area contributed by atoms with Crippen LogP contribution in [0.3, 0.4) is 0 Å². The molecule has 0 N–H and O–H groups in total. The molecule has 33 heavy (non-hydrogen) atoms. The number of rotatable bonds is 9. The van der Waals surface area contributed by atoms with E-state index < -0.39 is 0 Å². The number of para-hydroxylation sites is 1. The number of carbonyl (C=O) groups excluding carboxylic acids is 2. The van der Waals surface area contributed by atoms with Crippen LogP contribution in [-0.2, 0) is 17.8 Å². The average molecular weight is 445 g/mol. The van der Waals surface area contributed by atoms with Crippen molar-refractivity contribution < 1.29 is 14.3 Å². The van der Waals surface area contributed by atoms with E-state index in [-0.39, 0.29) is 11.8 Å². The largest absolute Gasteiger partial charge is 0.496 e. The molecule has 3 rings (SSSR count). The SMILES string of the molecule is CCN(CC)C(=O)Cc1ccc(N(Cc2ccccc2OC)C(=O)c2ccc(C)cc2)cc1. The van der Waals surface area contributed by atoms with E-state index in [4.69, 9.17) is 4.74 Å². The topological polar surface area (TPSA) is 49.9 Å². The van der Waals surface area contributed by atoms with E-state index in [2.05, 4.69) is 0 Å². The van der Waals surface area contributed by atoms with E-state index in [9.17, 15) is 9.59 Å². The Labute approximate surface area is 196 Å². The molecule has 3 aromatic rings. The predicted molar refractivity (Wildman–Crippen MR) is 133 cm³/mol. The van der Waals surface area contributed by atoms with Crippen molar-refractivity contribution in [3.05, 3.63) is 95.1 Å². The van der Waals surface area contributed by atoms with Gasteiger partial charge in [0.15, 0.2) is 0 Å². The predicted octanol–water partition coefficient (Wildman–Crippen LogP) is 5.26. The minimum Gasteiger partial charge on any atom is -0.496 e. The monoisotopic (exact) mass is 444 g/mol. The number of likely N-dealkylation sites (N-methyl/N-ethyl adjacent to an activating group) is 1. The van der Waals surface area contributed by atoms with Crippen LogP contribution in [0.4, 0.5) is 5.69 Å². The molecule has 5 nitrogen and oxygen atoms in total. The molecule has 2 amide bonds. The van der Waals surface area contributed by atoms with Crippen molar-refractivity contribution in [3.8, 4) is 5.75 Å². The maximum atomic E-state index is 13.5. The van der Waals surface area contributed by atoms with E-state index in [0.717, 1.165) is 28.1 Å². The molecule has 0 spiro atoms. The molecule has 172 valence electrons. The van der Waals surface area contributed by atoms with Crippen molar-refractivity contribution in [3.63, 3.8) is 0 Å². The van der Waals surface area contributed by atoms with Gasteiger partial charge in [0.05, 0.1) is 20.1 Å². The number of benzene rings is 3. The fourth-order valence-corrected chi connectivity index (χ4v) is 3.79. The number of aryl methyl sites for hydroxylation is 1. The highest BCUT2D eigenvalue weighted by atomic mass is 16.5. The molecule has 0 saturated carbocycles. The van der Waals surface area contributed by atoms with Gasteiger partial charge in [0.25, 0.3) is 5.91 Å². The number of nitrogens with zero attached hydrogens (tertiary/aromatic N) is 2. The summed E-state index contributed by atoms with van der Waals surface area (Å²) in [6.07, 6.45) is 0.348. The molecule has 5 heteroatoms. The summed E-state index contributed by atoms with van der Waals surface area (Å²) in [5, 5.41) is 0. The molecule has 0 aromatic heterocycles. The summed E-state index contributed by atoms with van der Waals surface area (Å²) in [6, 6.07) is 23.0.